The number of rotatable bonds is 7. The van der Waals surface area contributed by atoms with Gasteiger partial charge in [0.15, 0.2) is 0 Å². The zero-order valence-electron chi connectivity index (χ0n) is 18.5. The molecule has 1 atom stereocenters. The van der Waals surface area contributed by atoms with Crippen LogP contribution in [-0.2, 0) is 14.3 Å². The van der Waals surface area contributed by atoms with Gasteiger partial charge >= 0.3 is 0 Å². The van der Waals surface area contributed by atoms with Gasteiger partial charge in [0.05, 0.1) is 37.0 Å². The average molecular weight is 471 g/mol. The number of nitrogens with zero attached hydrogens (tertiary/aromatic N) is 2. The Morgan fingerprint density at radius 3 is 2.52 bits per heavy atom. The largest absolute Gasteiger partial charge is 0.507 e. The number of ketones is 1. The predicted octanol–water partition coefficient (Wildman–Crippen LogP) is 3.49. The quantitative estimate of drug-likeness (QED) is 0.379. The van der Waals surface area contributed by atoms with Crippen LogP contribution in [0.25, 0.3) is 5.76 Å². The molecule has 2 aliphatic rings. The lowest BCUT2D eigenvalue weighted by atomic mass is 9.95. The Balaban J connectivity index is 1.66. The third-order valence-electron chi connectivity index (χ3n) is 6.06. The Kier molecular flexibility index (Phi) is 7.33. The maximum Gasteiger partial charge on any atom is 0.295 e. The molecule has 1 amide bonds. The van der Waals surface area contributed by atoms with Crippen LogP contribution in [-0.4, -0.2) is 73.1 Å². The number of hydrogen-bond donors (Lipinski definition) is 1. The van der Waals surface area contributed by atoms with Gasteiger partial charge in [-0.1, -0.05) is 41.9 Å². The number of aliphatic hydroxyl groups excluding tert-OH is 1. The molecular formula is C25H27ClN2O5. The minimum atomic E-state index is -0.695. The van der Waals surface area contributed by atoms with Gasteiger partial charge in [-0.2, -0.15) is 0 Å². The van der Waals surface area contributed by atoms with E-state index < -0.39 is 17.7 Å². The Bertz CT molecular complexity index is 1050. The summed E-state index contributed by atoms with van der Waals surface area (Å²) in [6.07, 6.45) is 0.713. The molecule has 2 heterocycles. The van der Waals surface area contributed by atoms with E-state index in [2.05, 4.69) is 4.90 Å². The van der Waals surface area contributed by atoms with Crippen LogP contribution in [0, 0.1) is 0 Å². The van der Waals surface area contributed by atoms with Crippen LogP contribution in [0.15, 0.2) is 54.1 Å². The second-order valence-electron chi connectivity index (χ2n) is 8.06. The molecule has 2 aliphatic heterocycles. The molecule has 2 aromatic carbocycles. The molecule has 0 radical (unpaired) electrons. The molecule has 7 nitrogen and oxygen atoms in total. The van der Waals surface area contributed by atoms with Crippen LogP contribution in [0.3, 0.4) is 0 Å². The van der Waals surface area contributed by atoms with Crippen molar-refractivity contribution in [3.05, 3.63) is 70.3 Å². The summed E-state index contributed by atoms with van der Waals surface area (Å²) < 4.78 is 10.6. The number of likely N-dealkylation sites (tertiary alicyclic amines) is 1. The molecular weight excluding hydrogens is 444 g/mol. The minimum Gasteiger partial charge on any atom is -0.507 e. The number of hydrogen-bond acceptors (Lipinski definition) is 6. The zero-order chi connectivity index (χ0) is 23.4. The van der Waals surface area contributed by atoms with E-state index in [0.29, 0.717) is 42.5 Å². The summed E-state index contributed by atoms with van der Waals surface area (Å²) in [5.74, 6) is -1.09. The van der Waals surface area contributed by atoms with Gasteiger partial charge in [0.2, 0.25) is 0 Å². The number of benzene rings is 2. The Labute approximate surface area is 198 Å². The number of morpholine rings is 1. The molecule has 2 fully saturated rings. The molecule has 33 heavy (non-hydrogen) atoms. The average Bonchev–Trinajstić information content (AvgIpc) is 3.10. The maximum atomic E-state index is 13.1. The second-order valence-corrected chi connectivity index (χ2v) is 8.47. The van der Waals surface area contributed by atoms with Gasteiger partial charge in [-0.05, 0) is 30.2 Å². The highest BCUT2D eigenvalue weighted by molar-refractivity contribution is 6.46. The highest BCUT2D eigenvalue weighted by Crippen LogP contribution is 2.40. The number of Topliss-reactive ketones (excluding diaryl/α,β-unsaturated/α-hetero) is 1. The summed E-state index contributed by atoms with van der Waals surface area (Å²) in [6.45, 7) is 4.35. The predicted molar refractivity (Wildman–Crippen MR) is 125 cm³/mol. The van der Waals surface area contributed by atoms with Gasteiger partial charge in [0, 0.05) is 31.7 Å². The van der Waals surface area contributed by atoms with Gasteiger partial charge in [-0.3, -0.25) is 14.5 Å². The first-order chi connectivity index (χ1) is 16.0. The first-order valence-corrected chi connectivity index (χ1v) is 11.4. The van der Waals surface area contributed by atoms with E-state index >= 15 is 0 Å². The van der Waals surface area contributed by atoms with Crippen LogP contribution in [0.1, 0.15) is 23.6 Å². The van der Waals surface area contributed by atoms with Crippen molar-refractivity contribution in [1.29, 1.82) is 0 Å². The van der Waals surface area contributed by atoms with Crippen molar-refractivity contribution < 1.29 is 24.2 Å². The highest BCUT2D eigenvalue weighted by atomic mass is 35.5. The third-order valence-corrected chi connectivity index (χ3v) is 6.35. The van der Waals surface area contributed by atoms with E-state index in [0.717, 1.165) is 25.2 Å². The summed E-state index contributed by atoms with van der Waals surface area (Å²) in [5.41, 5.74) is 1.19. The number of ether oxygens (including phenoxy) is 2. The highest BCUT2D eigenvalue weighted by Gasteiger charge is 2.45. The third kappa shape index (κ3) is 4.90. The molecule has 0 spiro atoms. The van der Waals surface area contributed by atoms with E-state index in [1.165, 1.54) is 13.2 Å². The molecule has 4 rings (SSSR count). The van der Waals surface area contributed by atoms with Crippen LogP contribution < -0.4 is 4.74 Å². The number of halogens is 1. The molecule has 2 aromatic rings. The number of carbonyl (C=O) groups is 2. The number of aliphatic hydroxyl groups is 1. The molecule has 174 valence electrons. The van der Waals surface area contributed by atoms with Crippen molar-refractivity contribution >= 4 is 29.1 Å². The molecule has 0 bridgehead atoms. The van der Waals surface area contributed by atoms with Crippen molar-refractivity contribution in [1.82, 2.24) is 9.80 Å². The number of carbonyl (C=O) groups excluding carboxylic acids is 2. The van der Waals surface area contributed by atoms with Gasteiger partial charge in [0.1, 0.15) is 11.5 Å². The van der Waals surface area contributed by atoms with Crippen molar-refractivity contribution in [2.75, 3.05) is 46.5 Å². The lowest BCUT2D eigenvalue weighted by Gasteiger charge is -2.29. The molecule has 1 N–H and O–H groups in total. The van der Waals surface area contributed by atoms with Crippen LogP contribution >= 0.6 is 11.6 Å². The standard InChI is InChI=1S/C25H27ClN2O5/c1-32-20-9-8-18(16-19(20)26)23(29)21-22(17-6-3-2-4-7-17)28(25(31)24(21)30)11-5-10-27-12-14-33-15-13-27/h2-4,6-9,16,22,29H,5,10-15H2,1H3/b23-21+. The van der Waals surface area contributed by atoms with E-state index in [9.17, 15) is 14.7 Å². The zero-order valence-corrected chi connectivity index (χ0v) is 19.3. The van der Waals surface area contributed by atoms with Crippen molar-refractivity contribution in [3.8, 4) is 5.75 Å². The smallest absolute Gasteiger partial charge is 0.295 e. The van der Waals surface area contributed by atoms with Crippen LogP contribution in [0.5, 0.6) is 5.75 Å². The Hall–Kier alpha value is -2.87. The topological polar surface area (TPSA) is 79.3 Å². The van der Waals surface area contributed by atoms with E-state index in [-0.39, 0.29) is 11.3 Å². The number of methoxy groups -OCH3 is 1. The fourth-order valence-electron chi connectivity index (χ4n) is 4.35. The van der Waals surface area contributed by atoms with Gasteiger partial charge in [0.25, 0.3) is 11.7 Å². The summed E-state index contributed by atoms with van der Waals surface area (Å²) in [4.78, 5) is 30.0. The maximum absolute atomic E-state index is 13.1. The second kappa shape index (κ2) is 10.4. The summed E-state index contributed by atoms with van der Waals surface area (Å²) in [7, 11) is 1.50. The lowest BCUT2D eigenvalue weighted by molar-refractivity contribution is -0.140. The van der Waals surface area contributed by atoms with Crippen molar-refractivity contribution in [2.45, 2.75) is 12.5 Å². The van der Waals surface area contributed by atoms with E-state index in [1.807, 2.05) is 30.3 Å². The summed E-state index contributed by atoms with van der Waals surface area (Å²) >= 11 is 6.24. The molecule has 8 heteroatoms. The van der Waals surface area contributed by atoms with E-state index in [1.54, 1.807) is 17.0 Å². The van der Waals surface area contributed by atoms with E-state index in [4.69, 9.17) is 21.1 Å². The minimum absolute atomic E-state index is 0.0683. The fourth-order valence-corrected chi connectivity index (χ4v) is 4.61. The van der Waals surface area contributed by atoms with Gasteiger partial charge in [-0.25, -0.2) is 0 Å². The Morgan fingerprint density at radius 2 is 1.85 bits per heavy atom. The van der Waals surface area contributed by atoms with Crippen LogP contribution in [0.2, 0.25) is 5.02 Å². The van der Waals surface area contributed by atoms with Gasteiger partial charge < -0.3 is 19.5 Å². The summed E-state index contributed by atoms with van der Waals surface area (Å²) in [6, 6.07) is 13.4. The van der Waals surface area contributed by atoms with Gasteiger partial charge in [-0.15, -0.1) is 0 Å². The van der Waals surface area contributed by atoms with Crippen LogP contribution in [0.4, 0.5) is 0 Å². The Morgan fingerprint density at radius 1 is 1.12 bits per heavy atom. The normalized spacial score (nSPS) is 20.9. The molecule has 2 saturated heterocycles. The summed E-state index contributed by atoms with van der Waals surface area (Å²) in [5, 5.41) is 11.4. The van der Waals surface area contributed by atoms with Crippen molar-refractivity contribution in [2.24, 2.45) is 0 Å². The lowest BCUT2D eigenvalue weighted by Crippen LogP contribution is -2.38. The molecule has 0 aliphatic carbocycles. The first kappa shape index (κ1) is 23.3. The first-order valence-electron chi connectivity index (χ1n) is 11.0. The number of amides is 1. The fraction of sp³-hybridized carbons (Fsp3) is 0.360. The molecule has 1 unspecified atom stereocenters. The monoisotopic (exact) mass is 470 g/mol. The molecule has 0 aromatic heterocycles. The SMILES string of the molecule is COc1ccc(/C(O)=C2\C(=O)C(=O)N(CCCN3CCOCC3)C2c2ccccc2)cc1Cl. The van der Waals surface area contributed by atoms with Crippen molar-refractivity contribution in [3.63, 3.8) is 0 Å². The molecule has 0 saturated carbocycles.